The number of likely N-dealkylation sites (tertiary alicyclic amines) is 1. The monoisotopic (exact) mass is 316 g/mol. The van der Waals surface area contributed by atoms with Gasteiger partial charge >= 0.3 is 6.18 Å². The van der Waals surface area contributed by atoms with Crippen LogP contribution in [-0.4, -0.2) is 47.8 Å². The van der Waals surface area contributed by atoms with E-state index >= 15 is 0 Å². The zero-order valence-corrected chi connectivity index (χ0v) is 12.2. The average molecular weight is 316 g/mol. The van der Waals surface area contributed by atoms with Crippen LogP contribution in [0.2, 0.25) is 0 Å². The highest BCUT2D eigenvalue weighted by Crippen LogP contribution is 2.30. The Morgan fingerprint density at radius 1 is 1.50 bits per heavy atom. The Bertz CT molecular complexity index is 534. The number of rotatable bonds is 4. The van der Waals surface area contributed by atoms with Crippen LogP contribution in [-0.2, 0) is 4.79 Å². The second-order valence-electron chi connectivity index (χ2n) is 5.58. The van der Waals surface area contributed by atoms with Crippen molar-refractivity contribution < 1.29 is 23.1 Å². The van der Waals surface area contributed by atoms with E-state index in [9.17, 15) is 23.1 Å². The predicted molar refractivity (Wildman–Crippen MR) is 75.6 cm³/mol. The quantitative estimate of drug-likeness (QED) is 0.896. The molecule has 1 aliphatic heterocycles. The third-order valence-electron chi connectivity index (χ3n) is 3.95. The van der Waals surface area contributed by atoms with Crippen LogP contribution in [0, 0.1) is 0 Å². The molecule has 1 heterocycles. The fourth-order valence-electron chi connectivity index (χ4n) is 2.69. The molecule has 2 rings (SSSR count). The van der Waals surface area contributed by atoms with Gasteiger partial charge in [0, 0.05) is 6.54 Å². The van der Waals surface area contributed by atoms with Crippen molar-refractivity contribution in [2.75, 3.05) is 19.6 Å². The van der Waals surface area contributed by atoms with Crippen molar-refractivity contribution in [2.45, 2.75) is 31.5 Å². The van der Waals surface area contributed by atoms with Gasteiger partial charge in [-0.3, -0.25) is 9.69 Å². The lowest BCUT2D eigenvalue weighted by atomic mass is 9.98. The molecule has 0 bridgehead atoms. The van der Waals surface area contributed by atoms with Crippen LogP contribution in [0.15, 0.2) is 24.3 Å². The Balaban J connectivity index is 1.90. The third kappa shape index (κ3) is 4.37. The number of halogens is 3. The van der Waals surface area contributed by atoms with Crippen molar-refractivity contribution in [2.24, 2.45) is 0 Å². The van der Waals surface area contributed by atoms with Crippen molar-refractivity contribution in [3.63, 3.8) is 0 Å². The van der Waals surface area contributed by atoms with Crippen molar-refractivity contribution >= 4 is 5.91 Å². The molecular formula is C15H19F3N2O2. The molecule has 4 nitrogen and oxygen atoms in total. The standard InChI is InChI=1S/C15H19F3N2O2/c1-10(14(22)19-9-15(16,17)18)20-6-5-12(8-20)11-3-2-4-13(21)7-11/h2-4,7,10,12,21H,5-6,8-9H2,1H3,(H,19,22). The molecule has 1 amide bonds. The minimum atomic E-state index is -4.40. The van der Waals surface area contributed by atoms with Crippen LogP contribution in [0.4, 0.5) is 13.2 Å². The van der Waals surface area contributed by atoms with E-state index in [2.05, 4.69) is 0 Å². The van der Waals surface area contributed by atoms with E-state index in [0.717, 1.165) is 12.0 Å². The zero-order chi connectivity index (χ0) is 16.3. The Morgan fingerprint density at radius 2 is 2.23 bits per heavy atom. The van der Waals surface area contributed by atoms with Gasteiger partial charge in [0.05, 0.1) is 6.04 Å². The molecule has 2 N–H and O–H groups in total. The van der Waals surface area contributed by atoms with E-state index in [1.165, 1.54) is 0 Å². The highest BCUT2D eigenvalue weighted by atomic mass is 19.4. The van der Waals surface area contributed by atoms with E-state index in [0.29, 0.717) is 13.1 Å². The molecule has 0 radical (unpaired) electrons. The zero-order valence-electron chi connectivity index (χ0n) is 12.2. The first-order chi connectivity index (χ1) is 10.3. The van der Waals surface area contributed by atoms with Gasteiger partial charge in [0.2, 0.25) is 5.91 Å². The lowest BCUT2D eigenvalue weighted by Gasteiger charge is -2.23. The number of carbonyl (C=O) groups is 1. The minimum Gasteiger partial charge on any atom is -0.508 e. The topological polar surface area (TPSA) is 52.6 Å². The summed E-state index contributed by atoms with van der Waals surface area (Å²) in [5, 5.41) is 11.4. The SMILES string of the molecule is CC(C(=O)NCC(F)(F)F)N1CCC(c2cccc(O)c2)C1. The molecule has 22 heavy (non-hydrogen) atoms. The molecule has 7 heteroatoms. The summed E-state index contributed by atoms with van der Waals surface area (Å²) < 4.78 is 36.4. The maximum atomic E-state index is 12.1. The van der Waals surface area contributed by atoms with Gasteiger partial charge in [0.1, 0.15) is 12.3 Å². The van der Waals surface area contributed by atoms with Crippen LogP contribution in [0.3, 0.4) is 0 Å². The van der Waals surface area contributed by atoms with Gasteiger partial charge in [-0.15, -0.1) is 0 Å². The van der Waals surface area contributed by atoms with Gasteiger partial charge in [-0.05, 0) is 43.5 Å². The molecule has 0 spiro atoms. The Labute approximate surface area is 126 Å². The molecule has 1 saturated heterocycles. The summed E-state index contributed by atoms with van der Waals surface area (Å²) in [5.41, 5.74) is 0.977. The van der Waals surface area contributed by atoms with Crippen LogP contribution >= 0.6 is 0 Å². The van der Waals surface area contributed by atoms with Gasteiger partial charge in [-0.2, -0.15) is 13.2 Å². The maximum absolute atomic E-state index is 12.1. The van der Waals surface area contributed by atoms with Crippen LogP contribution in [0.25, 0.3) is 0 Å². The van der Waals surface area contributed by atoms with Crippen molar-refractivity contribution in [1.29, 1.82) is 0 Å². The molecule has 2 atom stereocenters. The number of hydrogen-bond donors (Lipinski definition) is 2. The Morgan fingerprint density at radius 3 is 2.86 bits per heavy atom. The van der Waals surface area contributed by atoms with E-state index in [4.69, 9.17) is 0 Å². The van der Waals surface area contributed by atoms with Crippen LogP contribution in [0.1, 0.15) is 24.8 Å². The smallest absolute Gasteiger partial charge is 0.405 e. The minimum absolute atomic E-state index is 0.171. The molecule has 1 aliphatic rings. The normalized spacial score (nSPS) is 20.8. The molecule has 1 aromatic carbocycles. The second kappa shape index (κ2) is 6.56. The number of hydrogen-bond acceptors (Lipinski definition) is 3. The van der Waals surface area contributed by atoms with Gasteiger partial charge in [-0.25, -0.2) is 0 Å². The number of nitrogens with zero attached hydrogens (tertiary/aromatic N) is 1. The fourth-order valence-corrected chi connectivity index (χ4v) is 2.69. The Kier molecular flexibility index (Phi) is 4.95. The first-order valence-corrected chi connectivity index (χ1v) is 7.14. The number of phenolic OH excluding ortho intramolecular Hbond substituents is 1. The molecule has 1 aromatic rings. The molecule has 122 valence electrons. The van der Waals surface area contributed by atoms with Crippen molar-refractivity contribution in [3.05, 3.63) is 29.8 Å². The van der Waals surface area contributed by atoms with E-state index < -0.39 is 24.7 Å². The summed E-state index contributed by atoms with van der Waals surface area (Å²) in [6.45, 7) is 1.53. The van der Waals surface area contributed by atoms with Crippen LogP contribution < -0.4 is 5.32 Å². The summed E-state index contributed by atoms with van der Waals surface area (Å²) >= 11 is 0. The largest absolute Gasteiger partial charge is 0.508 e. The number of phenols is 1. The summed E-state index contributed by atoms with van der Waals surface area (Å²) in [5.74, 6) is -0.259. The van der Waals surface area contributed by atoms with Gasteiger partial charge in [0.25, 0.3) is 0 Å². The molecular weight excluding hydrogens is 297 g/mol. The summed E-state index contributed by atoms with van der Waals surface area (Å²) in [4.78, 5) is 13.6. The lowest BCUT2D eigenvalue weighted by Crippen LogP contribution is -2.46. The van der Waals surface area contributed by atoms with Crippen LogP contribution in [0.5, 0.6) is 5.75 Å². The van der Waals surface area contributed by atoms with E-state index in [1.807, 2.05) is 16.3 Å². The molecule has 0 saturated carbocycles. The number of benzene rings is 1. The first kappa shape index (κ1) is 16.6. The summed E-state index contributed by atoms with van der Waals surface area (Å²) in [6.07, 6.45) is -3.59. The molecule has 0 aliphatic carbocycles. The Hall–Kier alpha value is -1.76. The number of carbonyl (C=O) groups excluding carboxylic acids is 1. The first-order valence-electron chi connectivity index (χ1n) is 7.14. The van der Waals surface area contributed by atoms with Crippen molar-refractivity contribution in [1.82, 2.24) is 10.2 Å². The molecule has 0 aromatic heterocycles. The van der Waals surface area contributed by atoms with Gasteiger partial charge in [-0.1, -0.05) is 12.1 Å². The highest BCUT2D eigenvalue weighted by Gasteiger charge is 2.33. The fraction of sp³-hybridized carbons (Fsp3) is 0.533. The number of alkyl halides is 3. The van der Waals surface area contributed by atoms with E-state index in [1.54, 1.807) is 25.1 Å². The lowest BCUT2D eigenvalue weighted by molar-refractivity contribution is -0.141. The third-order valence-corrected chi connectivity index (χ3v) is 3.95. The second-order valence-corrected chi connectivity index (χ2v) is 5.58. The van der Waals surface area contributed by atoms with E-state index in [-0.39, 0.29) is 11.7 Å². The molecule has 2 unspecified atom stereocenters. The van der Waals surface area contributed by atoms with Gasteiger partial charge < -0.3 is 10.4 Å². The predicted octanol–water partition coefficient (Wildman–Crippen LogP) is 2.25. The van der Waals surface area contributed by atoms with Gasteiger partial charge in [0.15, 0.2) is 0 Å². The number of nitrogens with one attached hydrogen (secondary N) is 1. The number of amides is 1. The maximum Gasteiger partial charge on any atom is 0.405 e. The average Bonchev–Trinajstić information content (AvgIpc) is 2.93. The highest BCUT2D eigenvalue weighted by molar-refractivity contribution is 5.81. The summed E-state index contributed by atoms with van der Waals surface area (Å²) in [6, 6.07) is 6.32. The molecule has 1 fully saturated rings. The van der Waals surface area contributed by atoms with Crippen molar-refractivity contribution in [3.8, 4) is 5.75 Å². The summed E-state index contributed by atoms with van der Waals surface area (Å²) in [7, 11) is 0. The number of aromatic hydroxyl groups is 1.